The summed E-state index contributed by atoms with van der Waals surface area (Å²) in [7, 11) is 0. The lowest BCUT2D eigenvalue weighted by molar-refractivity contribution is -0.142. The Balaban J connectivity index is 1.99. The number of nitrogens with zero attached hydrogens (tertiary/aromatic N) is 1. The summed E-state index contributed by atoms with van der Waals surface area (Å²) in [6.45, 7) is 8.37. The summed E-state index contributed by atoms with van der Waals surface area (Å²) in [5.41, 5.74) is 2.25. The van der Waals surface area contributed by atoms with Crippen molar-refractivity contribution in [2.45, 2.75) is 26.9 Å². The number of hydrogen-bond donors (Lipinski definition) is 0. The van der Waals surface area contributed by atoms with Gasteiger partial charge in [-0.15, -0.1) is 0 Å². The van der Waals surface area contributed by atoms with Crippen LogP contribution in [0, 0.1) is 13.8 Å². The zero-order chi connectivity index (χ0) is 13.8. The molecular formula is C15H21NO3. The van der Waals surface area contributed by atoms with Crippen LogP contribution in [0.15, 0.2) is 18.2 Å². The van der Waals surface area contributed by atoms with Crippen LogP contribution in [0.1, 0.15) is 18.1 Å². The molecule has 0 saturated carbocycles. The lowest BCUT2D eigenvalue weighted by Crippen LogP contribution is -2.46. The Kier molecular flexibility index (Phi) is 4.43. The van der Waals surface area contributed by atoms with Gasteiger partial charge in [-0.2, -0.15) is 0 Å². The Morgan fingerprint density at radius 2 is 2.00 bits per heavy atom. The molecular weight excluding hydrogens is 242 g/mol. The first-order valence-electron chi connectivity index (χ1n) is 6.68. The second-order valence-corrected chi connectivity index (χ2v) is 4.97. The molecule has 2 rings (SSSR count). The van der Waals surface area contributed by atoms with Crippen molar-refractivity contribution >= 4 is 5.91 Å². The third kappa shape index (κ3) is 3.47. The quantitative estimate of drug-likeness (QED) is 0.836. The third-order valence-electron chi connectivity index (χ3n) is 3.30. The smallest absolute Gasteiger partial charge is 0.263 e. The van der Waals surface area contributed by atoms with Gasteiger partial charge in [0.1, 0.15) is 5.75 Å². The average molecular weight is 263 g/mol. The number of carbonyl (C=O) groups is 1. The molecule has 1 fully saturated rings. The summed E-state index contributed by atoms with van der Waals surface area (Å²) >= 11 is 0. The van der Waals surface area contributed by atoms with Crippen molar-refractivity contribution in [3.05, 3.63) is 29.3 Å². The minimum Gasteiger partial charge on any atom is -0.481 e. The maximum absolute atomic E-state index is 12.2. The third-order valence-corrected chi connectivity index (χ3v) is 3.30. The molecule has 104 valence electrons. The molecule has 19 heavy (non-hydrogen) atoms. The number of rotatable bonds is 3. The molecule has 0 unspecified atom stereocenters. The summed E-state index contributed by atoms with van der Waals surface area (Å²) in [6, 6.07) is 5.98. The molecule has 0 aromatic heterocycles. The summed E-state index contributed by atoms with van der Waals surface area (Å²) < 4.78 is 11.0. The van der Waals surface area contributed by atoms with Gasteiger partial charge in [-0.25, -0.2) is 0 Å². The molecule has 0 spiro atoms. The second kappa shape index (κ2) is 6.06. The van der Waals surface area contributed by atoms with E-state index in [1.165, 1.54) is 5.56 Å². The molecule has 0 aliphatic carbocycles. The maximum Gasteiger partial charge on any atom is 0.263 e. The largest absolute Gasteiger partial charge is 0.481 e. The van der Waals surface area contributed by atoms with Crippen LogP contribution < -0.4 is 4.74 Å². The predicted octanol–water partition coefficient (Wildman–Crippen LogP) is 1.93. The highest BCUT2D eigenvalue weighted by Crippen LogP contribution is 2.20. The highest BCUT2D eigenvalue weighted by atomic mass is 16.5. The van der Waals surface area contributed by atoms with Crippen molar-refractivity contribution in [1.82, 2.24) is 4.90 Å². The van der Waals surface area contributed by atoms with E-state index in [2.05, 4.69) is 6.07 Å². The van der Waals surface area contributed by atoms with Crippen molar-refractivity contribution in [3.8, 4) is 5.75 Å². The Bertz CT molecular complexity index is 453. The monoisotopic (exact) mass is 263 g/mol. The Hall–Kier alpha value is -1.55. The van der Waals surface area contributed by atoms with Crippen LogP contribution in [0.2, 0.25) is 0 Å². The Morgan fingerprint density at radius 3 is 2.63 bits per heavy atom. The van der Waals surface area contributed by atoms with Gasteiger partial charge in [-0.1, -0.05) is 17.7 Å². The molecule has 1 amide bonds. The van der Waals surface area contributed by atoms with E-state index in [9.17, 15) is 4.79 Å². The van der Waals surface area contributed by atoms with E-state index in [-0.39, 0.29) is 5.91 Å². The fourth-order valence-electron chi connectivity index (χ4n) is 2.21. The standard InChI is InChI=1S/C15H21NO3/c1-11-4-5-14(12(2)10-11)19-13(3)15(17)16-6-8-18-9-7-16/h4-5,10,13H,6-9H2,1-3H3/t13-/m0/s1. The molecule has 1 aliphatic heterocycles. The molecule has 4 nitrogen and oxygen atoms in total. The number of morpholine rings is 1. The number of aryl methyl sites for hydroxylation is 2. The van der Waals surface area contributed by atoms with Gasteiger partial charge in [-0.05, 0) is 32.4 Å². The lowest BCUT2D eigenvalue weighted by atomic mass is 10.1. The van der Waals surface area contributed by atoms with Crippen LogP contribution in [0.5, 0.6) is 5.75 Å². The maximum atomic E-state index is 12.2. The van der Waals surface area contributed by atoms with Crippen LogP contribution in [-0.4, -0.2) is 43.2 Å². The Labute approximate surface area is 114 Å². The molecule has 1 aromatic rings. The van der Waals surface area contributed by atoms with E-state index >= 15 is 0 Å². The van der Waals surface area contributed by atoms with Crippen LogP contribution in [0.4, 0.5) is 0 Å². The number of benzene rings is 1. The zero-order valence-corrected chi connectivity index (χ0v) is 11.8. The van der Waals surface area contributed by atoms with E-state index in [4.69, 9.17) is 9.47 Å². The van der Waals surface area contributed by atoms with Gasteiger partial charge in [0, 0.05) is 13.1 Å². The lowest BCUT2D eigenvalue weighted by Gasteiger charge is -2.29. The van der Waals surface area contributed by atoms with E-state index < -0.39 is 6.10 Å². The topological polar surface area (TPSA) is 38.8 Å². The van der Waals surface area contributed by atoms with Crippen LogP contribution in [0.25, 0.3) is 0 Å². The average Bonchev–Trinajstić information content (AvgIpc) is 2.42. The molecule has 0 bridgehead atoms. The van der Waals surface area contributed by atoms with Gasteiger partial charge in [-0.3, -0.25) is 4.79 Å². The first-order valence-corrected chi connectivity index (χ1v) is 6.68. The molecule has 1 heterocycles. The fraction of sp³-hybridized carbons (Fsp3) is 0.533. The number of carbonyl (C=O) groups excluding carboxylic acids is 1. The molecule has 4 heteroatoms. The molecule has 1 aromatic carbocycles. The van der Waals surface area contributed by atoms with Crippen LogP contribution in [0.3, 0.4) is 0 Å². The van der Waals surface area contributed by atoms with Gasteiger partial charge in [0.15, 0.2) is 6.10 Å². The van der Waals surface area contributed by atoms with E-state index in [1.807, 2.05) is 26.0 Å². The second-order valence-electron chi connectivity index (χ2n) is 4.97. The van der Waals surface area contributed by atoms with Crippen LogP contribution in [-0.2, 0) is 9.53 Å². The van der Waals surface area contributed by atoms with Crippen molar-refractivity contribution in [2.24, 2.45) is 0 Å². The SMILES string of the molecule is Cc1ccc(O[C@@H](C)C(=O)N2CCOCC2)c(C)c1. The minimum absolute atomic E-state index is 0.0308. The molecule has 0 radical (unpaired) electrons. The fourth-order valence-corrected chi connectivity index (χ4v) is 2.21. The predicted molar refractivity (Wildman–Crippen MR) is 73.4 cm³/mol. The van der Waals surface area contributed by atoms with Gasteiger partial charge in [0.05, 0.1) is 13.2 Å². The minimum atomic E-state index is -0.459. The van der Waals surface area contributed by atoms with Crippen molar-refractivity contribution in [1.29, 1.82) is 0 Å². The summed E-state index contributed by atoms with van der Waals surface area (Å²) in [5, 5.41) is 0. The van der Waals surface area contributed by atoms with E-state index in [0.717, 1.165) is 11.3 Å². The molecule has 1 saturated heterocycles. The summed E-state index contributed by atoms with van der Waals surface area (Å²) in [5.74, 6) is 0.808. The normalized spacial score (nSPS) is 17.1. The van der Waals surface area contributed by atoms with Crippen molar-refractivity contribution < 1.29 is 14.3 Å². The van der Waals surface area contributed by atoms with Gasteiger partial charge in [0.25, 0.3) is 5.91 Å². The number of amides is 1. The summed E-state index contributed by atoms with van der Waals surface area (Å²) in [4.78, 5) is 14.0. The zero-order valence-electron chi connectivity index (χ0n) is 11.8. The van der Waals surface area contributed by atoms with Gasteiger partial charge in [0.2, 0.25) is 0 Å². The van der Waals surface area contributed by atoms with Crippen molar-refractivity contribution in [2.75, 3.05) is 26.3 Å². The van der Waals surface area contributed by atoms with E-state index in [1.54, 1.807) is 11.8 Å². The molecule has 1 aliphatic rings. The van der Waals surface area contributed by atoms with Crippen molar-refractivity contribution in [3.63, 3.8) is 0 Å². The first-order chi connectivity index (χ1) is 9.08. The Morgan fingerprint density at radius 1 is 1.32 bits per heavy atom. The molecule has 1 atom stereocenters. The van der Waals surface area contributed by atoms with Crippen LogP contribution >= 0.6 is 0 Å². The highest BCUT2D eigenvalue weighted by Gasteiger charge is 2.24. The number of hydrogen-bond acceptors (Lipinski definition) is 3. The highest BCUT2D eigenvalue weighted by molar-refractivity contribution is 5.81. The van der Waals surface area contributed by atoms with Gasteiger partial charge >= 0.3 is 0 Å². The van der Waals surface area contributed by atoms with E-state index in [0.29, 0.717) is 26.3 Å². The molecule has 0 N–H and O–H groups in total. The number of ether oxygens (including phenoxy) is 2. The first kappa shape index (κ1) is 13.9. The summed E-state index contributed by atoms with van der Waals surface area (Å²) in [6.07, 6.45) is -0.459. The van der Waals surface area contributed by atoms with Gasteiger partial charge < -0.3 is 14.4 Å².